The summed E-state index contributed by atoms with van der Waals surface area (Å²) in [6, 6.07) is 0. The molecule has 9 atom stereocenters. The van der Waals surface area contributed by atoms with Crippen LogP contribution in [0.15, 0.2) is 16.0 Å². The maximum atomic E-state index is 12.8. The molecule has 4 aliphatic rings. The van der Waals surface area contributed by atoms with E-state index < -0.39 is 0 Å². The lowest BCUT2D eigenvalue weighted by Gasteiger charge is -2.58. The molecule has 8 heteroatoms. The van der Waals surface area contributed by atoms with Crippen LogP contribution in [0.2, 0.25) is 0 Å². The van der Waals surface area contributed by atoms with Crippen molar-refractivity contribution in [1.82, 2.24) is 10.2 Å². The van der Waals surface area contributed by atoms with Crippen LogP contribution in [-0.4, -0.2) is 33.4 Å². The number of thioether (sulfide) groups is 1. The molecule has 1 aromatic heterocycles. The number of hydrogen-bond acceptors (Lipinski definition) is 7. The second-order valence-electron chi connectivity index (χ2n) is 16.4. The second-order valence-corrected chi connectivity index (χ2v) is 19.2. The van der Waals surface area contributed by atoms with Crippen LogP contribution in [0.1, 0.15) is 139 Å². The van der Waals surface area contributed by atoms with E-state index in [1.165, 1.54) is 68.3 Å². The summed E-state index contributed by atoms with van der Waals surface area (Å²) in [5, 5.41) is 11.8. The zero-order valence-corrected chi connectivity index (χ0v) is 31.5. The highest BCUT2D eigenvalue weighted by Crippen LogP contribution is 2.67. The highest BCUT2D eigenvalue weighted by atomic mass is 32.2. The van der Waals surface area contributed by atoms with Crippen LogP contribution in [0.5, 0.6) is 0 Å². The summed E-state index contributed by atoms with van der Waals surface area (Å²) < 4.78 is 6.80. The highest BCUT2D eigenvalue weighted by molar-refractivity contribution is 8.01. The normalized spacial score (nSPS) is 33.5. The van der Waals surface area contributed by atoms with Crippen molar-refractivity contribution in [3.05, 3.63) is 11.6 Å². The lowest BCUT2D eigenvalue weighted by molar-refractivity contribution is -0.152. The van der Waals surface area contributed by atoms with Crippen LogP contribution in [0.25, 0.3) is 0 Å². The molecule has 258 valence electrons. The van der Waals surface area contributed by atoms with Gasteiger partial charge in [-0.25, -0.2) is 0 Å². The topological polar surface area (TPSA) is 81.2 Å². The van der Waals surface area contributed by atoms with Gasteiger partial charge in [0.25, 0.3) is 0 Å². The summed E-state index contributed by atoms with van der Waals surface area (Å²) in [4.78, 5) is 25.3. The van der Waals surface area contributed by atoms with Gasteiger partial charge in [0.2, 0.25) is 11.0 Å². The molecule has 1 N–H and O–H groups in total. The molecule has 0 spiro atoms. The van der Waals surface area contributed by atoms with E-state index in [9.17, 15) is 9.59 Å². The first-order chi connectivity index (χ1) is 21.8. The van der Waals surface area contributed by atoms with E-state index in [4.69, 9.17) is 4.74 Å². The largest absolute Gasteiger partial charge is 0.462 e. The Morgan fingerprint density at radius 1 is 1.02 bits per heavy atom. The maximum Gasteiger partial charge on any atom is 0.306 e. The zero-order chi connectivity index (χ0) is 33.2. The predicted octanol–water partition coefficient (Wildman–Crippen LogP) is 10.3. The minimum atomic E-state index is -0.274. The SMILES string of the molecule is CC[C@H](CC[C@@H](C)[C@H]1CC[C@H]2[C@@H]3CC=C4C[C@@H](OC(=O)CCC(=O)Nc5nnc(SC(C)C)s5)CC[C@]4(C)[C@H]3CC[C@]12C)C(C)C. The zero-order valence-electron chi connectivity index (χ0n) is 29.9. The molecule has 6 nitrogen and oxygen atoms in total. The van der Waals surface area contributed by atoms with E-state index in [0.717, 1.165) is 65.0 Å². The number of carbonyl (C=O) groups excluding carboxylic acids is 2. The lowest BCUT2D eigenvalue weighted by atomic mass is 9.47. The van der Waals surface area contributed by atoms with Crippen molar-refractivity contribution in [3.8, 4) is 0 Å². The minimum absolute atomic E-state index is 0.0754. The Kier molecular flexibility index (Phi) is 11.7. The standard InChI is InChI=1S/C38H61N3O3S2/c1-9-26(23(2)3)11-10-25(6)30-14-15-31-29-13-12-27-22-28(18-20-37(27,7)32(29)19-21-38(30,31)8)44-34(43)17-16-33(42)39-35-40-41-36(46-35)45-24(4)5/h12,23-26,28-32H,9-11,13-22H2,1-8H3,(H,39,40,42)/t25-,26-,28+,29+,30-,31+,32+,37+,38-/m1/s1. The Balaban J connectivity index is 1.12. The second kappa shape index (κ2) is 15.0. The number of esters is 1. The number of hydrogen-bond donors (Lipinski definition) is 1. The number of carbonyl (C=O) groups is 2. The molecule has 0 radical (unpaired) electrons. The van der Waals surface area contributed by atoms with Crippen LogP contribution in [0, 0.1) is 52.3 Å². The van der Waals surface area contributed by atoms with Gasteiger partial charge in [-0.3, -0.25) is 9.59 Å². The van der Waals surface area contributed by atoms with Gasteiger partial charge in [-0.1, -0.05) is 103 Å². The Morgan fingerprint density at radius 3 is 2.52 bits per heavy atom. The molecule has 46 heavy (non-hydrogen) atoms. The maximum absolute atomic E-state index is 12.8. The molecule has 4 aliphatic carbocycles. The molecule has 0 bridgehead atoms. The first-order valence-electron chi connectivity index (χ1n) is 18.5. The summed E-state index contributed by atoms with van der Waals surface area (Å²) in [7, 11) is 0. The third kappa shape index (κ3) is 7.74. The molecular formula is C38H61N3O3S2. The van der Waals surface area contributed by atoms with E-state index in [-0.39, 0.29) is 36.2 Å². The van der Waals surface area contributed by atoms with Gasteiger partial charge in [0.1, 0.15) is 6.10 Å². The van der Waals surface area contributed by atoms with Crippen LogP contribution >= 0.6 is 23.1 Å². The summed E-state index contributed by atoms with van der Waals surface area (Å²) in [6.45, 7) is 19.2. The monoisotopic (exact) mass is 671 g/mol. The molecule has 0 aliphatic heterocycles. The molecular weight excluding hydrogens is 611 g/mol. The first kappa shape index (κ1) is 35.9. The molecule has 1 aromatic rings. The third-order valence-electron chi connectivity index (χ3n) is 13.1. The van der Waals surface area contributed by atoms with Gasteiger partial charge in [-0.05, 0) is 104 Å². The predicted molar refractivity (Wildman–Crippen MR) is 191 cm³/mol. The molecule has 1 amide bonds. The van der Waals surface area contributed by atoms with Crippen LogP contribution < -0.4 is 5.32 Å². The van der Waals surface area contributed by atoms with Crippen LogP contribution in [0.4, 0.5) is 5.13 Å². The molecule has 5 rings (SSSR count). The number of anilines is 1. The fraction of sp³-hybridized carbons (Fsp3) is 0.842. The lowest BCUT2D eigenvalue weighted by Crippen LogP contribution is -2.51. The number of ether oxygens (including phenoxy) is 1. The molecule has 1 heterocycles. The smallest absolute Gasteiger partial charge is 0.306 e. The summed E-state index contributed by atoms with van der Waals surface area (Å²) >= 11 is 2.99. The van der Waals surface area contributed by atoms with E-state index in [0.29, 0.717) is 15.8 Å². The number of nitrogens with zero attached hydrogens (tertiary/aromatic N) is 2. The number of allylic oxidation sites excluding steroid dienone is 1. The average molecular weight is 672 g/mol. The molecule has 0 aromatic carbocycles. The Bertz CT molecular complexity index is 1250. The van der Waals surface area contributed by atoms with Gasteiger partial charge in [-0.15, -0.1) is 10.2 Å². The third-order valence-corrected chi connectivity index (χ3v) is 15.0. The number of rotatable bonds is 13. The van der Waals surface area contributed by atoms with E-state index in [2.05, 4.69) is 77.0 Å². The average Bonchev–Trinajstić information content (AvgIpc) is 3.59. The quantitative estimate of drug-likeness (QED) is 0.0973. The number of fused-ring (bicyclic) bond motifs is 5. The van der Waals surface area contributed by atoms with Crippen molar-refractivity contribution in [2.45, 2.75) is 155 Å². The van der Waals surface area contributed by atoms with Crippen molar-refractivity contribution in [2.75, 3.05) is 5.32 Å². The molecule has 3 fully saturated rings. The summed E-state index contributed by atoms with van der Waals surface area (Å²) in [5.74, 6) is 5.27. The van der Waals surface area contributed by atoms with E-state index >= 15 is 0 Å². The number of amides is 1. The van der Waals surface area contributed by atoms with Crippen molar-refractivity contribution < 1.29 is 14.3 Å². The van der Waals surface area contributed by atoms with Crippen molar-refractivity contribution >= 4 is 40.1 Å². The van der Waals surface area contributed by atoms with Gasteiger partial charge in [0.05, 0.1) is 6.42 Å². The molecule has 0 saturated heterocycles. The fourth-order valence-electron chi connectivity index (χ4n) is 10.5. The van der Waals surface area contributed by atoms with Gasteiger partial charge in [-0.2, -0.15) is 0 Å². The molecule has 3 saturated carbocycles. The Morgan fingerprint density at radius 2 is 1.80 bits per heavy atom. The van der Waals surface area contributed by atoms with Gasteiger partial charge >= 0.3 is 5.97 Å². The van der Waals surface area contributed by atoms with Crippen molar-refractivity contribution in [2.24, 2.45) is 52.3 Å². The van der Waals surface area contributed by atoms with E-state index in [1.807, 2.05) is 0 Å². The first-order valence-corrected chi connectivity index (χ1v) is 20.2. The fourth-order valence-corrected chi connectivity index (χ4v) is 12.5. The number of aromatic nitrogens is 2. The minimum Gasteiger partial charge on any atom is -0.462 e. The molecule has 0 unspecified atom stereocenters. The van der Waals surface area contributed by atoms with Gasteiger partial charge < -0.3 is 10.1 Å². The van der Waals surface area contributed by atoms with Gasteiger partial charge in [0.15, 0.2) is 4.34 Å². The Labute approximate surface area is 287 Å². The Hall–Kier alpha value is -1.41. The highest BCUT2D eigenvalue weighted by Gasteiger charge is 2.59. The van der Waals surface area contributed by atoms with Crippen LogP contribution in [0.3, 0.4) is 0 Å². The summed E-state index contributed by atoms with van der Waals surface area (Å²) in [6.07, 6.45) is 16.4. The van der Waals surface area contributed by atoms with Crippen molar-refractivity contribution in [3.63, 3.8) is 0 Å². The van der Waals surface area contributed by atoms with Crippen molar-refractivity contribution in [1.29, 1.82) is 0 Å². The summed E-state index contributed by atoms with van der Waals surface area (Å²) in [5.41, 5.74) is 2.26. The van der Waals surface area contributed by atoms with E-state index in [1.54, 1.807) is 11.8 Å². The number of nitrogens with one attached hydrogen (secondary N) is 1. The van der Waals surface area contributed by atoms with Gasteiger partial charge in [0, 0.05) is 18.1 Å². The van der Waals surface area contributed by atoms with Crippen LogP contribution in [-0.2, 0) is 14.3 Å².